The van der Waals surface area contributed by atoms with Gasteiger partial charge in [0.15, 0.2) is 0 Å². The summed E-state index contributed by atoms with van der Waals surface area (Å²) in [5.41, 5.74) is 2.43. The van der Waals surface area contributed by atoms with Crippen molar-refractivity contribution in [1.29, 1.82) is 0 Å². The van der Waals surface area contributed by atoms with Crippen LogP contribution in [0.1, 0.15) is 48.3 Å². The van der Waals surface area contributed by atoms with Crippen molar-refractivity contribution in [3.63, 3.8) is 0 Å². The van der Waals surface area contributed by atoms with E-state index in [1.54, 1.807) is 35.2 Å². The molecule has 9 heteroatoms. The summed E-state index contributed by atoms with van der Waals surface area (Å²) >= 11 is 12.7. The molecule has 1 N–H and O–H groups in total. The number of amides is 1. The van der Waals surface area contributed by atoms with Gasteiger partial charge < -0.3 is 10.0 Å². The number of nitrogens with zero attached hydrogens (tertiary/aromatic N) is 4. The van der Waals surface area contributed by atoms with E-state index in [9.17, 15) is 14.7 Å². The number of aliphatic hydroxyl groups is 1. The average Bonchev–Trinajstić information content (AvgIpc) is 2.90. The highest BCUT2D eigenvalue weighted by atomic mass is 35.5. The molecule has 0 bridgehead atoms. The minimum Gasteiger partial charge on any atom is -0.388 e. The Hall–Kier alpha value is -3.00. The van der Waals surface area contributed by atoms with Crippen LogP contribution in [-0.2, 0) is 19.4 Å². The quantitative estimate of drug-likeness (QED) is 0.384. The molecular formula is C28H28Cl2N4O3. The predicted molar refractivity (Wildman–Crippen MR) is 147 cm³/mol. The van der Waals surface area contributed by atoms with Crippen molar-refractivity contribution in [2.24, 2.45) is 0 Å². The molecule has 0 aliphatic carbocycles. The summed E-state index contributed by atoms with van der Waals surface area (Å²) < 4.78 is 1.43. The second-order valence-corrected chi connectivity index (χ2v) is 10.5. The van der Waals surface area contributed by atoms with Gasteiger partial charge in [0.05, 0.1) is 39.9 Å². The van der Waals surface area contributed by atoms with Gasteiger partial charge in [-0.05, 0) is 61.6 Å². The summed E-state index contributed by atoms with van der Waals surface area (Å²) in [6.07, 6.45) is 3.71. The molecule has 0 spiro atoms. The largest absolute Gasteiger partial charge is 0.388 e. The maximum Gasteiger partial charge on any atom is 0.261 e. The van der Waals surface area contributed by atoms with E-state index >= 15 is 0 Å². The summed E-state index contributed by atoms with van der Waals surface area (Å²) in [7, 11) is 0. The zero-order valence-electron chi connectivity index (χ0n) is 20.8. The van der Waals surface area contributed by atoms with Gasteiger partial charge in [0.25, 0.3) is 11.5 Å². The van der Waals surface area contributed by atoms with Crippen molar-refractivity contribution in [2.45, 2.75) is 51.7 Å². The first-order chi connectivity index (χ1) is 17.7. The van der Waals surface area contributed by atoms with E-state index < -0.39 is 5.60 Å². The fourth-order valence-electron chi connectivity index (χ4n) is 5.12. The van der Waals surface area contributed by atoms with Gasteiger partial charge in [0.1, 0.15) is 0 Å². The molecule has 3 heterocycles. The molecule has 7 nitrogen and oxygen atoms in total. The van der Waals surface area contributed by atoms with Crippen molar-refractivity contribution in [2.75, 3.05) is 13.1 Å². The molecule has 2 aromatic carbocycles. The van der Waals surface area contributed by atoms with E-state index in [2.05, 4.69) is 11.9 Å². The average molecular weight is 539 g/mol. The Bertz CT molecular complexity index is 1580. The number of carbonyl (C=O) groups is 1. The van der Waals surface area contributed by atoms with Gasteiger partial charge in [-0.2, -0.15) is 0 Å². The number of pyridine rings is 1. The van der Waals surface area contributed by atoms with Crippen molar-refractivity contribution in [3.05, 3.63) is 79.9 Å². The number of aryl methyl sites for hydroxylation is 1. The standard InChI is InChI=1S/C28H28Cl2N4O3/c1-3-19-22(4-2)32-24-13-17(5-7-20(24)25(19)30)26(35)33-11-9-28(37,10-12-33)15-34-16-31-23-14-18(29)6-8-21(23)27(34)36/h5-8,13-14,16,37H,3-4,9-12,15H2,1-2H3. The monoisotopic (exact) mass is 538 g/mol. The van der Waals surface area contributed by atoms with E-state index in [0.29, 0.717) is 58.0 Å². The van der Waals surface area contributed by atoms with Crippen molar-refractivity contribution in [3.8, 4) is 0 Å². The van der Waals surface area contributed by atoms with Crippen LogP contribution in [0.15, 0.2) is 47.5 Å². The minimum atomic E-state index is -1.12. The fraction of sp³-hybridized carbons (Fsp3) is 0.357. The van der Waals surface area contributed by atoms with E-state index in [-0.39, 0.29) is 18.0 Å². The number of fused-ring (bicyclic) bond motifs is 2. The van der Waals surface area contributed by atoms with Crippen LogP contribution in [0.25, 0.3) is 21.8 Å². The molecular weight excluding hydrogens is 511 g/mol. The van der Waals surface area contributed by atoms with E-state index in [1.807, 2.05) is 13.0 Å². The summed E-state index contributed by atoms with van der Waals surface area (Å²) in [4.78, 5) is 37.1. The highest BCUT2D eigenvalue weighted by molar-refractivity contribution is 6.36. The number of halogens is 2. The fourth-order valence-corrected chi connectivity index (χ4v) is 5.69. The lowest BCUT2D eigenvalue weighted by Crippen LogP contribution is -2.49. The molecule has 192 valence electrons. The van der Waals surface area contributed by atoms with Crippen LogP contribution < -0.4 is 5.56 Å². The Labute approximate surface area is 224 Å². The highest BCUT2D eigenvalue weighted by Gasteiger charge is 2.35. The van der Waals surface area contributed by atoms with Crippen LogP contribution in [0.3, 0.4) is 0 Å². The lowest BCUT2D eigenvalue weighted by Gasteiger charge is -2.38. The molecule has 0 unspecified atom stereocenters. The molecule has 1 fully saturated rings. The molecule has 0 radical (unpaired) electrons. The Morgan fingerprint density at radius 1 is 1.03 bits per heavy atom. The predicted octanol–water partition coefficient (Wildman–Crippen LogP) is 5.04. The number of carbonyl (C=O) groups excluding carboxylic acids is 1. The number of rotatable bonds is 5. The Morgan fingerprint density at radius 2 is 1.76 bits per heavy atom. The summed E-state index contributed by atoms with van der Waals surface area (Å²) in [5, 5.41) is 13.7. The van der Waals surface area contributed by atoms with Crippen molar-refractivity contribution < 1.29 is 9.90 Å². The lowest BCUT2D eigenvalue weighted by molar-refractivity contribution is -0.0299. The third-order valence-electron chi connectivity index (χ3n) is 7.27. The third kappa shape index (κ3) is 4.83. The highest BCUT2D eigenvalue weighted by Crippen LogP contribution is 2.31. The van der Waals surface area contributed by atoms with Gasteiger partial charge in [-0.15, -0.1) is 0 Å². The summed E-state index contributed by atoms with van der Waals surface area (Å²) in [6.45, 7) is 4.97. The van der Waals surface area contributed by atoms with Crippen molar-refractivity contribution >= 4 is 50.9 Å². The van der Waals surface area contributed by atoms with Gasteiger partial charge in [0, 0.05) is 34.8 Å². The first-order valence-electron chi connectivity index (χ1n) is 12.5. The minimum absolute atomic E-state index is 0.109. The molecule has 0 saturated carbocycles. The van der Waals surface area contributed by atoms with Crippen LogP contribution in [-0.4, -0.2) is 49.1 Å². The molecule has 37 heavy (non-hydrogen) atoms. The molecule has 1 amide bonds. The number of hydrogen-bond acceptors (Lipinski definition) is 5. The third-order valence-corrected chi connectivity index (χ3v) is 7.94. The number of piperidine rings is 1. The zero-order chi connectivity index (χ0) is 26.3. The van der Waals surface area contributed by atoms with Crippen molar-refractivity contribution in [1.82, 2.24) is 19.4 Å². The normalized spacial score (nSPS) is 15.4. The van der Waals surface area contributed by atoms with Gasteiger partial charge in [-0.1, -0.05) is 43.1 Å². The van der Waals surface area contributed by atoms with Crippen LogP contribution >= 0.6 is 23.2 Å². The van der Waals surface area contributed by atoms with Crippen LogP contribution in [0.2, 0.25) is 10.0 Å². The molecule has 5 rings (SSSR count). The van der Waals surface area contributed by atoms with Crippen LogP contribution in [0, 0.1) is 0 Å². The first kappa shape index (κ1) is 25.6. The van der Waals surface area contributed by atoms with Crippen LogP contribution in [0.4, 0.5) is 0 Å². The Morgan fingerprint density at radius 3 is 2.46 bits per heavy atom. The number of aromatic nitrogens is 3. The smallest absolute Gasteiger partial charge is 0.261 e. The number of hydrogen-bond donors (Lipinski definition) is 1. The summed E-state index contributed by atoms with van der Waals surface area (Å²) in [6, 6.07) is 10.4. The topological polar surface area (TPSA) is 88.3 Å². The van der Waals surface area contributed by atoms with E-state index in [1.165, 1.54) is 10.9 Å². The lowest BCUT2D eigenvalue weighted by atomic mass is 9.90. The van der Waals surface area contributed by atoms with Gasteiger partial charge in [-0.3, -0.25) is 19.1 Å². The number of likely N-dealkylation sites (tertiary alicyclic amines) is 1. The number of benzene rings is 2. The van der Waals surface area contributed by atoms with Gasteiger partial charge in [0.2, 0.25) is 0 Å². The van der Waals surface area contributed by atoms with Gasteiger partial charge in [-0.25, -0.2) is 4.98 Å². The van der Waals surface area contributed by atoms with E-state index in [0.717, 1.165) is 29.5 Å². The van der Waals surface area contributed by atoms with Gasteiger partial charge >= 0.3 is 0 Å². The molecule has 0 atom stereocenters. The maximum atomic E-state index is 13.3. The molecule has 4 aromatic rings. The first-order valence-corrected chi connectivity index (χ1v) is 13.3. The SMILES string of the molecule is CCc1nc2cc(C(=O)N3CCC(O)(Cn4cnc5cc(Cl)ccc5c4=O)CC3)ccc2c(Cl)c1CC. The second-order valence-electron chi connectivity index (χ2n) is 9.65. The second kappa shape index (κ2) is 10.0. The summed E-state index contributed by atoms with van der Waals surface area (Å²) in [5.74, 6) is -0.110. The molecule has 1 aliphatic rings. The molecule has 2 aromatic heterocycles. The van der Waals surface area contributed by atoms with E-state index in [4.69, 9.17) is 28.2 Å². The Balaban J connectivity index is 1.32. The molecule has 1 saturated heterocycles. The zero-order valence-corrected chi connectivity index (χ0v) is 22.3. The van der Waals surface area contributed by atoms with Crippen LogP contribution in [0.5, 0.6) is 0 Å². The maximum absolute atomic E-state index is 13.3. The Kier molecular flexibility index (Phi) is 6.96. The molecule has 1 aliphatic heterocycles.